The summed E-state index contributed by atoms with van der Waals surface area (Å²) in [6.45, 7) is 4.00. The first kappa shape index (κ1) is 11.9. The summed E-state index contributed by atoms with van der Waals surface area (Å²) in [5.41, 5.74) is 0. The molecule has 0 saturated carbocycles. The molecule has 9 heavy (non-hydrogen) atoms. The zero-order valence-corrected chi connectivity index (χ0v) is 8.01. The van der Waals surface area contributed by atoms with Gasteiger partial charge in [-0.05, 0) is 6.42 Å². The van der Waals surface area contributed by atoms with Gasteiger partial charge in [-0.25, -0.2) is 0 Å². The van der Waals surface area contributed by atoms with Gasteiger partial charge in [0.25, 0.3) is 0 Å². The molecule has 0 bridgehead atoms. The number of carboxylic acid groups (broad SMARTS) is 1. The van der Waals surface area contributed by atoms with Gasteiger partial charge in [-0.15, -0.1) is 0 Å². The number of rotatable bonds is 3. The molecule has 3 heteroatoms. The maximum absolute atomic E-state index is 9.75. The molecule has 56 valence electrons. The second-order valence-electron chi connectivity index (χ2n) is 1.19. The van der Waals surface area contributed by atoms with Crippen molar-refractivity contribution in [3.8, 4) is 0 Å². The van der Waals surface area contributed by atoms with Crippen LogP contribution >= 0.6 is 22.6 Å². The Bertz CT molecular complexity index is 64.1. The third-order valence-electron chi connectivity index (χ3n) is 0.524. The molecule has 0 aliphatic heterocycles. The Labute approximate surface area is 69.8 Å². The number of carbonyl (C=O) groups is 1. The van der Waals surface area contributed by atoms with Gasteiger partial charge in [0.15, 0.2) is 0 Å². The van der Waals surface area contributed by atoms with Gasteiger partial charge >= 0.3 is 5.97 Å². The van der Waals surface area contributed by atoms with E-state index >= 15 is 0 Å². The maximum atomic E-state index is 9.75. The largest absolute Gasteiger partial charge is 0.481 e. The van der Waals surface area contributed by atoms with E-state index in [-0.39, 0.29) is 0 Å². The number of alkyl halides is 1. The van der Waals surface area contributed by atoms with Crippen LogP contribution in [0.4, 0.5) is 0 Å². The van der Waals surface area contributed by atoms with E-state index in [4.69, 9.17) is 5.11 Å². The molecule has 0 unspecified atom stereocenters. The minimum atomic E-state index is -0.698. The van der Waals surface area contributed by atoms with Crippen LogP contribution in [-0.2, 0) is 4.79 Å². The molecule has 1 N–H and O–H groups in total. The summed E-state index contributed by atoms with van der Waals surface area (Å²) >= 11 is 2.16. The normalized spacial score (nSPS) is 7.44. The van der Waals surface area contributed by atoms with Crippen LogP contribution in [0.25, 0.3) is 0 Å². The smallest absolute Gasteiger partial charge is 0.303 e. The number of halogens is 1. The minimum Gasteiger partial charge on any atom is -0.481 e. The molecule has 2 nitrogen and oxygen atoms in total. The Morgan fingerprint density at radius 2 is 2.00 bits per heavy atom. The molecule has 0 saturated heterocycles. The Balaban J connectivity index is 0. The lowest BCUT2D eigenvalue weighted by molar-refractivity contribution is -0.136. The van der Waals surface area contributed by atoms with E-state index in [1.54, 1.807) is 0 Å². The van der Waals surface area contributed by atoms with Crippen LogP contribution in [-0.4, -0.2) is 15.5 Å². The van der Waals surface area contributed by atoms with Gasteiger partial charge in [0.1, 0.15) is 0 Å². The number of hydrogen-bond donors (Lipinski definition) is 1. The fraction of sp³-hybridized carbons (Fsp3) is 0.833. The van der Waals surface area contributed by atoms with Gasteiger partial charge < -0.3 is 5.11 Å². The highest BCUT2D eigenvalue weighted by Gasteiger charge is 1.91. The van der Waals surface area contributed by atoms with E-state index in [0.29, 0.717) is 6.42 Å². The van der Waals surface area contributed by atoms with Gasteiger partial charge in [-0.1, -0.05) is 36.4 Å². The average Bonchev–Trinajstić information content (AvgIpc) is 1.88. The summed E-state index contributed by atoms with van der Waals surface area (Å²) in [5, 5.41) is 8.04. The molecular weight excluding hydrogens is 231 g/mol. The molecule has 0 rings (SSSR count). The SMILES string of the molecule is CC.O=C(O)CCCI. The number of hydrogen-bond acceptors (Lipinski definition) is 1. The summed E-state index contributed by atoms with van der Waals surface area (Å²) in [6, 6.07) is 0. The summed E-state index contributed by atoms with van der Waals surface area (Å²) < 4.78 is 0.935. The third-order valence-corrected chi connectivity index (χ3v) is 1.29. The highest BCUT2D eigenvalue weighted by molar-refractivity contribution is 14.1. The fourth-order valence-electron chi connectivity index (χ4n) is 0.218. The first-order chi connectivity index (χ1) is 4.27. The fourth-order valence-corrected chi connectivity index (χ4v) is 0.599. The van der Waals surface area contributed by atoms with Crippen molar-refractivity contribution >= 4 is 28.6 Å². The van der Waals surface area contributed by atoms with Crippen LogP contribution in [0.5, 0.6) is 0 Å². The topological polar surface area (TPSA) is 37.3 Å². The van der Waals surface area contributed by atoms with Gasteiger partial charge in [0.2, 0.25) is 0 Å². The quantitative estimate of drug-likeness (QED) is 0.611. The molecule has 0 aliphatic rings. The van der Waals surface area contributed by atoms with Crippen molar-refractivity contribution in [1.29, 1.82) is 0 Å². The van der Waals surface area contributed by atoms with Crippen LogP contribution in [0.1, 0.15) is 26.7 Å². The molecule has 0 fully saturated rings. The van der Waals surface area contributed by atoms with E-state index in [1.807, 2.05) is 13.8 Å². The standard InChI is InChI=1S/C4H7IO2.C2H6/c5-3-1-2-4(6)7;1-2/h1-3H2,(H,6,7);1-2H3. The molecular formula is C6H13IO2. The molecule has 0 spiro atoms. The van der Waals surface area contributed by atoms with Crippen molar-refractivity contribution in [1.82, 2.24) is 0 Å². The Kier molecular flexibility index (Phi) is 14.7. The second-order valence-corrected chi connectivity index (χ2v) is 2.27. The predicted octanol–water partition coefficient (Wildman–Crippen LogP) is 2.31. The lowest BCUT2D eigenvalue weighted by atomic mass is 10.3. The van der Waals surface area contributed by atoms with E-state index in [1.165, 1.54) is 0 Å². The first-order valence-corrected chi connectivity index (χ1v) is 4.57. The summed E-state index contributed by atoms with van der Waals surface area (Å²) in [6.07, 6.45) is 1.10. The van der Waals surface area contributed by atoms with Crippen LogP contribution in [0.2, 0.25) is 0 Å². The Morgan fingerprint density at radius 1 is 1.56 bits per heavy atom. The van der Waals surface area contributed by atoms with E-state index in [9.17, 15) is 4.79 Å². The molecule has 0 aromatic carbocycles. The zero-order valence-electron chi connectivity index (χ0n) is 5.85. The molecule has 0 heterocycles. The second kappa shape index (κ2) is 11.1. The molecule has 0 radical (unpaired) electrons. The Hall–Kier alpha value is 0.200. The lowest BCUT2D eigenvalue weighted by Crippen LogP contribution is -1.93. The average molecular weight is 244 g/mol. The Morgan fingerprint density at radius 3 is 2.11 bits per heavy atom. The van der Waals surface area contributed by atoms with Crippen LogP contribution in [0, 0.1) is 0 Å². The van der Waals surface area contributed by atoms with Crippen LogP contribution < -0.4 is 0 Å². The molecule has 0 amide bonds. The van der Waals surface area contributed by atoms with Crippen molar-refractivity contribution < 1.29 is 9.90 Å². The van der Waals surface area contributed by atoms with E-state index in [0.717, 1.165) is 10.8 Å². The highest BCUT2D eigenvalue weighted by atomic mass is 127. The highest BCUT2D eigenvalue weighted by Crippen LogP contribution is 1.92. The summed E-state index contributed by atoms with van der Waals surface area (Å²) in [5.74, 6) is -0.698. The maximum Gasteiger partial charge on any atom is 0.303 e. The van der Waals surface area contributed by atoms with Crippen molar-refractivity contribution in [2.45, 2.75) is 26.7 Å². The number of carboxylic acids is 1. The van der Waals surface area contributed by atoms with Crippen molar-refractivity contribution in [2.75, 3.05) is 4.43 Å². The molecule has 0 atom stereocenters. The van der Waals surface area contributed by atoms with Gasteiger partial charge in [0, 0.05) is 10.8 Å². The molecule has 0 aromatic heterocycles. The van der Waals surface area contributed by atoms with Gasteiger partial charge in [0.05, 0.1) is 0 Å². The monoisotopic (exact) mass is 244 g/mol. The van der Waals surface area contributed by atoms with E-state index < -0.39 is 5.97 Å². The van der Waals surface area contributed by atoms with E-state index in [2.05, 4.69) is 22.6 Å². The van der Waals surface area contributed by atoms with Crippen molar-refractivity contribution in [2.24, 2.45) is 0 Å². The number of aliphatic carboxylic acids is 1. The summed E-state index contributed by atoms with van der Waals surface area (Å²) in [7, 11) is 0. The summed E-state index contributed by atoms with van der Waals surface area (Å²) in [4.78, 5) is 9.75. The van der Waals surface area contributed by atoms with Gasteiger partial charge in [-0.3, -0.25) is 4.79 Å². The van der Waals surface area contributed by atoms with Crippen molar-refractivity contribution in [3.63, 3.8) is 0 Å². The molecule has 0 aromatic rings. The predicted molar refractivity (Wildman–Crippen MR) is 47.1 cm³/mol. The lowest BCUT2D eigenvalue weighted by Gasteiger charge is -1.84. The van der Waals surface area contributed by atoms with Gasteiger partial charge in [-0.2, -0.15) is 0 Å². The van der Waals surface area contributed by atoms with Crippen molar-refractivity contribution in [3.05, 3.63) is 0 Å². The zero-order chi connectivity index (χ0) is 7.70. The third kappa shape index (κ3) is 17.9. The molecule has 0 aliphatic carbocycles. The first-order valence-electron chi connectivity index (χ1n) is 3.05. The van der Waals surface area contributed by atoms with Crippen LogP contribution in [0.3, 0.4) is 0 Å². The minimum absolute atomic E-state index is 0.308. The van der Waals surface area contributed by atoms with Crippen LogP contribution in [0.15, 0.2) is 0 Å².